The molecule has 8 nitrogen and oxygen atoms in total. The average molecular weight is 492 g/mol. The number of carbonyl (C=O) groups excluding carboxylic acids is 1. The summed E-state index contributed by atoms with van der Waals surface area (Å²) in [5, 5.41) is 6.12. The zero-order valence-corrected chi connectivity index (χ0v) is 19.1. The monoisotopic (exact) mass is 491 g/mol. The molecule has 0 aliphatic carbocycles. The van der Waals surface area contributed by atoms with Gasteiger partial charge in [0.1, 0.15) is 23.7 Å². The van der Waals surface area contributed by atoms with Gasteiger partial charge in [0.2, 0.25) is 0 Å². The molecule has 3 aromatic rings. The number of carbonyl (C=O) groups is 1. The summed E-state index contributed by atoms with van der Waals surface area (Å²) in [6.07, 6.45) is 2.15. The Morgan fingerprint density at radius 1 is 1.21 bits per heavy atom. The van der Waals surface area contributed by atoms with Crippen LogP contribution in [0.4, 0.5) is 26.0 Å². The number of alkyl halides is 1. The number of morpholine rings is 1. The van der Waals surface area contributed by atoms with Crippen LogP contribution in [0.2, 0.25) is 5.02 Å². The van der Waals surface area contributed by atoms with Gasteiger partial charge < -0.3 is 20.1 Å². The maximum atomic E-state index is 13.5. The molecule has 0 radical (unpaired) electrons. The minimum atomic E-state index is -1.17. The number of aromatic nitrogens is 2. The van der Waals surface area contributed by atoms with E-state index in [4.69, 9.17) is 21.1 Å². The van der Waals surface area contributed by atoms with E-state index in [9.17, 15) is 13.6 Å². The van der Waals surface area contributed by atoms with E-state index in [-0.39, 0.29) is 5.02 Å². The van der Waals surface area contributed by atoms with Gasteiger partial charge in [-0.25, -0.2) is 18.7 Å². The van der Waals surface area contributed by atoms with E-state index in [0.717, 1.165) is 39.3 Å². The standard InChI is InChI=1S/C23H24ClF2N5O3/c24-17-10-15(2-3-18(17)26)29-23-16-11-20(30-22(32)13-25)21(12-19(16)27-14-28-23)34-7-1-4-31-5-8-33-9-6-31/h2-3,10-12,14H,1,4-9,13H2,(H,30,32)(H,27,28,29). The van der Waals surface area contributed by atoms with Crippen molar-refractivity contribution in [3.8, 4) is 5.75 Å². The second kappa shape index (κ2) is 11.4. The van der Waals surface area contributed by atoms with Crippen LogP contribution in [0.25, 0.3) is 10.9 Å². The molecule has 0 spiro atoms. The summed E-state index contributed by atoms with van der Waals surface area (Å²) < 4.78 is 37.7. The number of halogens is 3. The Balaban J connectivity index is 1.55. The lowest BCUT2D eigenvalue weighted by atomic mass is 10.1. The maximum Gasteiger partial charge on any atom is 0.255 e. The number of anilines is 3. The van der Waals surface area contributed by atoms with E-state index in [0.29, 0.717) is 40.5 Å². The van der Waals surface area contributed by atoms with Crippen LogP contribution in [0.15, 0.2) is 36.7 Å². The lowest BCUT2D eigenvalue weighted by Gasteiger charge is -2.26. The SMILES string of the molecule is O=C(CF)Nc1cc2c(Nc3ccc(F)c(Cl)c3)ncnc2cc1OCCCN1CCOCC1. The Morgan fingerprint density at radius 3 is 2.79 bits per heavy atom. The van der Waals surface area contributed by atoms with Crippen molar-refractivity contribution in [2.75, 3.05) is 56.8 Å². The third kappa shape index (κ3) is 6.07. The minimum Gasteiger partial charge on any atom is -0.491 e. The van der Waals surface area contributed by atoms with Gasteiger partial charge in [-0.15, -0.1) is 0 Å². The molecular weight excluding hydrogens is 468 g/mol. The van der Waals surface area contributed by atoms with Gasteiger partial charge in [-0.05, 0) is 30.7 Å². The lowest BCUT2D eigenvalue weighted by Crippen LogP contribution is -2.37. The van der Waals surface area contributed by atoms with Crippen molar-refractivity contribution in [2.24, 2.45) is 0 Å². The molecule has 0 unspecified atom stereocenters. The van der Waals surface area contributed by atoms with Gasteiger partial charge in [-0.3, -0.25) is 9.69 Å². The highest BCUT2D eigenvalue weighted by atomic mass is 35.5. The topological polar surface area (TPSA) is 88.6 Å². The summed E-state index contributed by atoms with van der Waals surface area (Å²) in [5.74, 6) is -0.548. The predicted molar refractivity (Wildman–Crippen MR) is 126 cm³/mol. The molecule has 1 aliphatic rings. The Kier molecular flexibility index (Phi) is 8.04. The molecule has 1 aromatic heterocycles. The molecular formula is C23H24ClF2N5O3. The summed E-state index contributed by atoms with van der Waals surface area (Å²) >= 11 is 5.87. The summed E-state index contributed by atoms with van der Waals surface area (Å²) in [5.41, 5.74) is 1.37. The van der Waals surface area contributed by atoms with Crippen LogP contribution in [0.5, 0.6) is 5.75 Å². The average Bonchev–Trinajstić information content (AvgIpc) is 2.85. The van der Waals surface area contributed by atoms with Crippen molar-refractivity contribution in [1.82, 2.24) is 14.9 Å². The number of benzene rings is 2. The van der Waals surface area contributed by atoms with E-state index >= 15 is 0 Å². The second-order valence-electron chi connectivity index (χ2n) is 7.68. The van der Waals surface area contributed by atoms with Crippen LogP contribution in [0.3, 0.4) is 0 Å². The van der Waals surface area contributed by atoms with E-state index in [1.165, 1.54) is 24.5 Å². The van der Waals surface area contributed by atoms with Crippen molar-refractivity contribution in [3.63, 3.8) is 0 Å². The first-order valence-corrected chi connectivity index (χ1v) is 11.2. The van der Waals surface area contributed by atoms with Crippen LogP contribution in [-0.2, 0) is 9.53 Å². The largest absolute Gasteiger partial charge is 0.491 e. The number of ether oxygens (including phenoxy) is 2. The van der Waals surface area contributed by atoms with Crippen molar-refractivity contribution in [1.29, 1.82) is 0 Å². The zero-order chi connectivity index (χ0) is 23.9. The molecule has 11 heteroatoms. The van der Waals surface area contributed by atoms with Gasteiger partial charge in [0.15, 0.2) is 6.67 Å². The molecule has 1 aliphatic heterocycles. The highest BCUT2D eigenvalue weighted by Gasteiger charge is 2.15. The first-order chi connectivity index (χ1) is 16.5. The molecule has 2 heterocycles. The van der Waals surface area contributed by atoms with E-state index in [1.807, 2.05) is 0 Å². The molecule has 0 atom stereocenters. The first kappa shape index (κ1) is 24.1. The molecule has 1 amide bonds. The molecule has 4 rings (SSSR count). The van der Waals surface area contributed by atoms with Crippen LogP contribution >= 0.6 is 11.6 Å². The summed E-state index contributed by atoms with van der Waals surface area (Å²) in [6.45, 7) is 3.33. The van der Waals surface area contributed by atoms with Gasteiger partial charge in [-0.1, -0.05) is 11.6 Å². The smallest absolute Gasteiger partial charge is 0.255 e. The van der Waals surface area contributed by atoms with E-state index in [1.54, 1.807) is 12.1 Å². The van der Waals surface area contributed by atoms with Crippen LogP contribution in [0.1, 0.15) is 6.42 Å². The molecule has 34 heavy (non-hydrogen) atoms. The lowest BCUT2D eigenvalue weighted by molar-refractivity contribution is -0.117. The minimum absolute atomic E-state index is 0.0352. The van der Waals surface area contributed by atoms with Crippen molar-refractivity contribution in [3.05, 3.63) is 47.5 Å². The molecule has 2 N–H and O–H groups in total. The van der Waals surface area contributed by atoms with Gasteiger partial charge in [-0.2, -0.15) is 0 Å². The van der Waals surface area contributed by atoms with Gasteiger partial charge in [0, 0.05) is 36.8 Å². The molecule has 180 valence electrons. The number of hydrogen-bond acceptors (Lipinski definition) is 7. The molecule has 1 saturated heterocycles. The molecule has 0 bridgehead atoms. The van der Waals surface area contributed by atoms with Crippen molar-refractivity contribution in [2.45, 2.75) is 6.42 Å². The zero-order valence-electron chi connectivity index (χ0n) is 18.3. The highest BCUT2D eigenvalue weighted by molar-refractivity contribution is 6.31. The maximum absolute atomic E-state index is 13.5. The van der Waals surface area contributed by atoms with Crippen LogP contribution in [0, 0.1) is 5.82 Å². The number of hydrogen-bond donors (Lipinski definition) is 2. The van der Waals surface area contributed by atoms with Crippen molar-refractivity contribution < 1.29 is 23.0 Å². The van der Waals surface area contributed by atoms with Gasteiger partial charge >= 0.3 is 0 Å². The third-order valence-corrected chi connectivity index (χ3v) is 5.58. The normalized spacial score (nSPS) is 14.2. The Bertz CT molecular complexity index is 1160. The molecule has 1 fully saturated rings. The second-order valence-corrected chi connectivity index (χ2v) is 8.09. The molecule has 0 saturated carbocycles. The fraction of sp³-hybridized carbons (Fsp3) is 0.348. The van der Waals surface area contributed by atoms with E-state index in [2.05, 4.69) is 25.5 Å². The Hall–Kier alpha value is -3.08. The predicted octanol–water partition coefficient (Wildman–Crippen LogP) is 4.18. The highest BCUT2D eigenvalue weighted by Crippen LogP contribution is 2.34. The number of fused-ring (bicyclic) bond motifs is 1. The fourth-order valence-electron chi connectivity index (χ4n) is 3.59. The van der Waals surface area contributed by atoms with Crippen LogP contribution < -0.4 is 15.4 Å². The summed E-state index contributed by atoms with van der Waals surface area (Å²) in [6, 6.07) is 7.48. The number of amides is 1. The number of nitrogens with zero attached hydrogens (tertiary/aromatic N) is 3. The van der Waals surface area contributed by atoms with Crippen LogP contribution in [-0.4, -0.2) is 66.9 Å². The van der Waals surface area contributed by atoms with Gasteiger partial charge in [0.25, 0.3) is 5.91 Å². The fourth-order valence-corrected chi connectivity index (χ4v) is 3.77. The summed E-state index contributed by atoms with van der Waals surface area (Å²) in [7, 11) is 0. The van der Waals surface area contributed by atoms with Gasteiger partial charge in [0.05, 0.1) is 36.0 Å². The molecule has 2 aromatic carbocycles. The summed E-state index contributed by atoms with van der Waals surface area (Å²) in [4.78, 5) is 22.6. The third-order valence-electron chi connectivity index (χ3n) is 5.29. The number of nitrogens with one attached hydrogen (secondary N) is 2. The Labute approximate surface area is 200 Å². The number of rotatable bonds is 9. The van der Waals surface area contributed by atoms with E-state index < -0.39 is 18.4 Å². The van der Waals surface area contributed by atoms with Crippen molar-refractivity contribution >= 4 is 45.6 Å². The quantitative estimate of drug-likeness (QED) is 0.434. The first-order valence-electron chi connectivity index (χ1n) is 10.8. The Morgan fingerprint density at radius 2 is 2.03 bits per heavy atom.